The van der Waals surface area contributed by atoms with Crippen molar-refractivity contribution in [2.45, 2.75) is 18.4 Å². The molecule has 1 saturated heterocycles. The third-order valence-corrected chi connectivity index (χ3v) is 3.47. The predicted molar refractivity (Wildman–Crippen MR) is 62.5 cm³/mol. The van der Waals surface area contributed by atoms with Gasteiger partial charge in [-0.2, -0.15) is 0 Å². The Morgan fingerprint density at radius 1 is 1.59 bits per heavy atom. The van der Waals surface area contributed by atoms with Gasteiger partial charge in [-0.3, -0.25) is 4.79 Å². The first-order valence-electron chi connectivity index (χ1n) is 5.79. The molecule has 1 fully saturated rings. The lowest BCUT2D eigenvalue weighted by molar-refractivity contribution is -0.138. The molecule has 1 N–H and O–H groups in total. The Labute approximate surface area is 99.8 Å². The van der Waals surface area contributed by atoms with Crippen molar-refractivity contribution in [2.75, 3.05) is 25.2 Å². The highest BCUT2D eigenvalue weighted by atomic mass is 16.5. The van der Waals surface area contributed by atoms with Crippen LogP contribution in [0.15, 0.2) is 18.3 Å². The summed E-state index contributed by atoms with van der Waals surface area (Å²) >= 11 is 0. The number of hydrogen-bond donors (Lipinski definition) is 1. The molecule has 17 heavy (non-hydrogen) atoms. The van der Waals surface area contributed by atoms with E-state index in [1.807, 2.05) is 24.1 Å². The molecule has 1 atom stereocenters. The van der Waals surface area contributed by atoms with Crippen LogP contribution in [0.2, 0.25) is 0 Å². The fourth-order valence-corrected chi connectivity index (χ4v) is 2.58. The van der Waals surface area contributed by atoms with E-state index in [1.165, 1.54) is 0 Å². The second-order valence-corrected chi connectivity index (χ2v) is 4.62. The molecule has 5 heteroatoms. The topological polar surface area (TPSA) is 54.5 Å². The van der Waals surface area contributed by atoms with Crippen LogP contribution in [-0.2, 0) is 15.1 Å². The maximum atomic E-state index is 11.6. The Morgan fingerprint density at radius 2 is 2.47 bits per heavy atom. The maximum absolute atomic E-state index is 11.6. The first-order valence-corrected chi connectivity index (χ1v) is 5.79. The Bertz CT molecular complexity index is 463. The molecule has 1 amide bonds. The Hall–Kier alpha value is -1.62. The molecule has 1 aromatic rings. The van der Waals surface area contributed by atoms with Crippen LogP contribution in [0, 0.1) is 0 Å². The number of rotatable bonds is 0. The number of aromatic nitrogens is 1. The molecule has 5 nitrogen and oxygen atoms in total. The lowest BCUT2D eigenvalue weighted by Gasteiger charge is -2.43. The number of piperidine rings is 1. The van der Waals surface area contributed by atoms with Crippen LogP contribution in [0.3, 0.4) is 0 Å². The molecular weight excluding hydrogens is 218 g/mol. The minimum atomic E-state index is -0.474. The van der Waals surface area contributed by atoms with Gasteiger partial charge in [-0.05, 0) is 12.5 Å². The van der Waals surface area contributed by atoms with Crippen molar-refractivity contribution in [1.82, 2.24) is 10.3 Å². The summed E-state index contributed by atoms with van der Waals surface area (Å²) in [7, 11) is 1.95. The number of nitrogens with zero attached hydrogens (tertiary/aromatic N) is 2. The SMILES string of the molecule is CN1COC2(CCNC(=O)C2)c2cccnc21. The minimum Gasteiger partial charge on any atom is -0.356 e. The van der Waals surface area contributed by atoms with Gasteiger partial charge in [0.2, 0.25) is 5.91 Å². The smallest absolute Gasteiger partial charge is 0.223 e. The van der Waals surface area contributed by atoms with Crippen molar-refractivity contribution in [1.29, 1.82) is 0 Å². The fourth-order valence-electron chi connectivity index (χ4n) is 2.58. The lowest BCUT2D eigenvalue weighted by Crippen LogP contribution is -2.49. The van der Waals surface area contributed by atoms with E-state index in [0.717, 1.165) is 17.8 Å². The van der Waals surface area contributed by atoms with Gasteiger partial charge in [0.05, 0.1) is 6.42 Å². The molecule has 0 bridgehead atoms. The van der Waals surface area contributed by atoms with Crippen LogP contribution in [0.5, 0.6) is 0 Å². The molecule has 1 unspecified atom stereocenters. The number of carbonyl (C=O) groups is 1. The lowest BCUT2D eigenvalue weighted by atomic mass is 9.83. The van der Waals surface area contributed by atoms with Crippen LogP contribution in [0.1, 0.15) is 18.4 Å². The molecule has 0 aromatic carbocycles. The van der Waals surface area contributed by atoms with Crippen molar-refractivity contribution in [3.63, 3.8) is 0 Å². The highest BCUT2D eigenvalue weighted by Gasteiger charge is 2.43. The van der Waals surface area contributed by atoms with Crippen LogP contribution < -0.4 is 10.2 Å². The molecule has 0 radical (unpaired) electrons. The zero-order valence-corrected chi connectivity index (χ0v) is 9.77. The molecule has 0 aliphatic carbocycles. The van der Waals surface area contributed by atoms with Gasteiger partial charge in [0.15, 0.2) is 0 Å². The van der Waals surface area contributed by atoms with E-state index in [-0.39, 0.29) is 5.91 Å². The number of pyridine rings is 1. The Morgan fingerprint density at radius 3 is 3.29 bits per heavy atom. The molecule has 1 aromatic heterocycles. The molecule has 3 heterocycles. The van der Waals surface area contributed by atoms with E-state index in [4.69, 9.17) is 4.74 Å². The summed E-state index contributed by atoms with van der Waals surface area (Å²) < 4.78 is 5.94. The van der Waals surface area contributed by atoms with E-state index in [9.17, 15) is 4.79 Å². The van der Waals surface area contributed by atoms with Crippen molar-refractivity contribution in [3.05, 3.63) is 23.9 Å². The molecule has 2 aliphatic rings. The summed E-state index contributed by atoms with van der Waals surface area (Å²) in [5.41, 5.74) is 0.557. The average Bonchev–Trinajstić information content (AvgIpc) is 2.35. The largest absolute Gasteiger partial charge is 0.356 e. The number of ether oxygens (including phenoxy) is 1. The average molecular weight is 233 g/mol. The summed E-state index contributed by atoms with van der Waals surface area (Å²) in [5, 5.41) is 2.84. The number of carbonyl (C=O) groups excluding carboxylic acids is 1. The Kier molecular flexibility index (Phi) is 2.29. The predicted octanol–water partition coefficient (Wildman–Crippen LogP) is 0.611. The zero-order chi connectivity index (χ0) is 11.9. The fraction of sp³-hybridized carbons (Fsp3) is 0.500. The standard InChI is InChI=1S/C12H15N3O2/c1-15-8-17-12(4-6-13-10(16)7-12)9-3-2-5-14-11(9)15/h2-3,5H,4,6-8H2,1H3,(H,13,16). The van der Waals surface area contributed by atoms with E-state index in [0.29, 0.717) is 19.7 Å². The normalized spacial score (nSPS) is 27.8. The van der Waals surface area contributed by atoms with Gasteiger partial charge in [0, 0.05) is 25.4 Å². The monoisotopic (exact) mass is 233 g/mol. The highest BCUT2D eigenvalue weighted by Crippen LogP contribution is 2.42. The number of hydrogen-bond acceptors (Lipinski definition) is 4. The number of nitrogens with one attached hydrogen (secondary N) is 1. The highest BCUT2D eigenvalue weighted by molar-refractivity contribution is 5.79. The maximum Gasteiger partial charge on any atom is 0.223 e. The van der Waals surface area contributed by atoms with Crippen LogP contribution >= 0.6 is 0 Å². The number of amides is 1. The molecule has 3 rings (SSSR count). The number of anilines is 1. The second-order valence-electron chi connectivity index (χ2n) is 4.62. The summed E-state index contributed by atoms with van der Waals surface area (Å²) in [4.78, 5) is 18.0. The first-order chi connectivity index (χ1) is 8.21. The quantitative estimate of drug-likeness (QED) is 0.713. The van der Waals surface area contributed by atoms with Crippen LogP contribution in [0.4, 0.5) is 5.82 Å². The molecule has 0 saturated carbocycles. The molecule has 90 valence electrons. The first kappa shape index (κ1) is 10.5. The Balaban J connectivity index is 2.08. The molecule has 1 spiro atoms. The van der Waals surface area contributed by atoms with Gasteiger partial charge < -0.3 is 15.0 Å². The summed E-state index contributed by atoms with van der Waals surface area (Å²) in [6, 6.07) is 3.91. The molecular formula is C12H15N3O2. The van der Waals surface area contributed by atoms with Crippen LogP contribution in [-0.4, -0.2) is 31.2 Å². The second kappa shape index (κ2) is 3.70. The van der Waals surface area contributed by atoms with E-state index < -0.39 is 5.60 Å². The van der Waals surface area contributed by atoms with Gasteiger partial charge >= 0.3 is 0 Å². The summed E-state index contributed by atoms with van der Waals surface area (Å²) in [6.07, 6.45) is 2.97. The van der Waals surface area contributed by atoms with Crippen molar-refractivity contribution in [3.8, 4) is 0 Å². The van der Waals surface area contributed by atoms with Crippen molar-refractivity contribution < 1.29 is 9.53 Å². The van der Waals surface area contributed by atoms with E-state index in [1.54, 1.807) is 6.20 Å². The van der Waals surface area contributed by atoms with Crippen LogP contribution in [0.25, 0.3) is 0 Å². The van der Waals surface area contributed by atoms with Gasteiger partial charge in [0.25, 0.3) is 0 Å². The van der Waals surface area contributed by atoms with E-state index in [2.05, 4.69) is 10.3 Å². The molecule has 2 aliphatic heterocycles. The summed E-state index contributed by atoms with van der Waals surface area (Å²) in [5.74, 6) is 0.976. The van der Waals surface area contributed by atoms with Gasteiger partial charge in [-0.15, -0.1) is 0 Å². The van der Waals surface area contributed by atoms with Crippen molar-refractivity contribution in [2.24, 2.45) is 0 Å². The van der Waals surface area contributed by atoms with Gasteiger partial charge in [-0.1, -0.05) is 6.07 Å². The van der Waals surface area contributed by atoms with Crippen molar-refractivity contribution >= 4 is 11.7 Å². The van der Waals surface area contributed by atoms with E-state index >= 15 is 0 Å². The third-order valence-electron chi connectivity index (χ3n) is 3.47. The van der Waals surface area contributed by atoms with Gasteiger partial charge in [0.1, 0.15) is 18.1 Å². The number of fused-ring (bicyclic) bond motifs is 2. The van der Waals surface area contributed by atoms with Gasteiger partial charge in [-0.25, -0.2) is 4.98 Å². The third kappa shape index (κ3) is 1.58. The zero-order valence-electron chi connectivity index (χ0n) is 9.77. The minimum absolute atomic E-state index is 0.0515. The summed E-state index contributed by atoms with van der Waals surface area (Å²) in [6.45, 7) is 1.15.